The van der Waals surface area contributed by atoms with Crippen LogP contribution in [0.1, 0.15) is 0 Å². The van der Waals surface area contributed by atoms with Crippen LogP contribution in [0.25, 0.3) is 76.7 Å². The topological polar surface area (TPSA) is 48.5 Å². The van der Waals surface area contributed by atoms with Gasteiger partial charge in [0.15, 0.2) is 0 Å². The summed E-state index contributed by atoms with van der Waals surface area (Å²) in [6.45, 7) is 0. The van der Waals surface area contributed by atoms with Crippen LogP contribution in [0.15, 0.2) is 128 Å². The van der Waals surface area contributed by atoms with Crippen molar-refractivity contribution >= 4 is 65.3 Å². The maximum absolute atomic E-state index is 4.92. The van der Waals surface area contributed by atoms with E-state index < -0.39 is 0 Å². The van der Waals surface area contributed by atoms with E-state index in [1.165, 1.54) is 5.39 Å². The van der Waals surface area contributed by atoms with Crippen molar-refractivity contribution in [1.82, 2.24) is 24.1 Å². The van der Waals surface area contributed by atoms with E-state index in [1.807, 2.05) is 18.6 Å². The first kappa shape index (κ1) is 21.4. The Morgan fingerprint density at radius 2 is 1.20 bits per heavy atom. The van der Waals surface area contributed by atoms with Gasteiger partial charge in [0.1, 0.15) is 6.33 Å². The molecule has 4 aromatic heterocycles. The summed E-state index contributed by atoms with van der Waals surface area (Å²) in [5, 5.41) is 7.94. The molecule has 186 valence electrons. The predicted octanol–water partition coefficient (Wildman–Crippen LogP) is 8.37. The molecule has 0 aliphatic rings. The highest BCUT2D eigenvalue weighted by Crippen LogP contribution is 2.46. The van der Waals surface area contributed by atoms with Crippen LogP contribution in [-0.2, 0) is 0 Å². The fourth-order valence-corrected chi connectivity index (χ4v) is 6.54. The van der Waals surface area contributed by atoms with Crippen molar-refractivity contribution in [3.63, 3.8) is 0 Å². The monoisotopic (exact) mass is 511 g/mol. The lowest BCUT2D eigenvalue weighted by molar-refractivity contribution is 1.15. The van der Waals surface area contributed by atoms with Crippen LogP contribution in [0.4, 0.5) is 0 Å². The molecule has 0 atom stereocenters. The summed E-state index contributed by atoms with van der Waals surface area (Å²) in [6.07, 6.45) is 7.46. The Labute approximate surface area is 228 Å². The van der Waals surface area contributed by atoms with Gasteiger partial charge >= 0.3 is 0 Å². The van der Waals surface area contributed by atoms with Gasteiger partial charge in [-0.05, 0) is 41.8 Å². The second-order valence-corrected chi connectivity index (χ2v) is 10.1. The van der Waals surface area contributed by atoms with Gasteiger partial charge in [0.2, 0.25) is 0 Å². The summed E-state index contributed by atoms with van der Waals surface area (Å²) in [6, 6.07) is 36.5. The van der Waals surface area contributed by atoms with Crippen LogP contribution in [0.5, 0.6) is 0 Å². The minimum absolute atomic E-state index is 0.960. The van der Waals surface area contributed by atoms with Crippen molar-refractivity contribution in [1.29, 1.82) is 0 Å². The molecular weight excluding hydrogens is 490 g/mol. The van der Waals surface area contributed by atoms with E-state index in [1.54, 1.807) is 6.33 Å². The summed E-state index contributed by atoms with van der Waals surface area (Å²) in [5.74, 6) is 0. The first-order chi connectivity index (χ1) is 19.9. The number of aromatic nitrogens is 5. The lowest BCUT2D eigenvalue weighted by atomic mass is 10.0. The Hall–Kier alpha value is -5.55. The molecule has 0 aliphatic carbocycles. The first-order valence-corrected chi connectivity index (χ1v) is 13.4. The average Bonchev–Trinajstić information content (AvgIpc) is 3.55. The van der Waals surface area contributed by atoms with Crippen molar-refractivity contribution in [3.05, 3.63) is 128 Å². The van der Waals surface area contributed by atoms with Crippen LogP contribution in [0, 0.1) is 0 Å². The van der Waals surface area contributed by atoms with Gasteiger partial charge in [-0.3, -0.25) is 4.98 Å². The predicted molar refractivity (Wildman–Crippen MR) is 164 cm³/mol. The number of rotatable bonds is 2. The third-order valence-corrected chi connectivity index (χ3v) is 8.11. The Morgan fingerprint density at radius 1 is 0.500 bits per heavy atom. The standard InChI is InChI=1S/C35H21N5/c1-2-10-23(11-3-1)39-28-14-6-4-12-24(28)31-27-20-37-21-38-33(27)32-25-13-5-7-15-29(25)40(35(32)34(31)39)30-16-8-9-22-17-18-36-19-26(22)30/h1-21H. The Morgan fingerprint density at radius 3 is 2.05 bits per heavy atom. The van der Waals surface area contributed by atoms with E-state index in [-0.39, 0.29) is 0 Å². The van der Waals surface area contributed by atoms with E-state index >= 15 is 0 Å². The van der Waals surface area contributed by atoms with Gasteiger partial charge in [0, 0.05) is 56.6 Å². The second-order valence-electron chi connectivity index (χ2n) is 10.1. The minimum atomic E-state index is 0.960. The lowest BCUT2D eigenvalue weighted by Crippen LogP contribution is -2.00. The molecule has 0 spiro atoms. The average molecular weight is 512 g/mol. The van der Waals surface area contributed by atoms with Crippen LogP contribution >= 0.6 is 0 Å². The van der Waals surface area contributed by atoms with E-state index in [0.717, 1.165) is 71.3 Å². The molecule has 9 aromatic rings. The number of para-hydroxylation sites is 3. The van der Waals surface area contributed by atoms with Crippen LogP contribution < -0.4 is 0 Å². The molecule has 5 nitrogen and oxygen atoms in total. The highest BCUT2D eigenvalue weighted by molar-refractivity contribution is 6.35. The normalized spacial score (nSPS) is 12.0. The van der Waals surface area contributed by atoms with Gasteiger partial charge in [-0.2, -0.15) is 0 Å². The Balaban J connectivity index is 1.67. The van der Waals surface area contributed by atoms with Crippen LogP contribution in [0.2, 0.25) is 0 Å². The lowest BCUT2D eigenvalue weighted by Gasteiger charge is -2.15. The molecule has 0 N–H and O–H groups in total. The first-order valence-electron chi connectivity index (χ1n) is 13.4. The summed E-state index contributed by atoms with van der Waals surface area (Å²) in [7, 11) is 0. The molecule has 0 unspecified atom stereocenters. The van der Waals surface area contributed by atoms with Gasteiger partial charge in [0.25, 0.3) is 0 Å². The molecular formula is C35H21N5. The zero-order valence-electron chi connectivity index (χ0n) is 21.4. The molecule has 0 saturated carbocycles. The highest BCUT2D eigenvalue weighted by Gasteiger charge is 2.25. The minimum Gasteiger partial charge on any atom is -0.307 e. The molecule has 4 heterocycles. The molecule has 0 aliphatic heterocycles. The van der Waals surface area contributed by atoms with Crippen LogP contribution in [-0.4, -0.2) is 24.1 Å². The van der Waals surface area contributed by atoms with Crippen molar-refractivity contribution in [2.45, 2.75) is 0 Å². The third-order valence-electron chi connectivity index (χ3n) is 8.11. The molecule has 0 bridgehead atoms. The number of hydrogen-bond acceptors (Lipinski definition) is 3. The summed E-state index contributed by atoms with van der Waals surface area (Å²) < 4.78 is 4.81. The number of nitrogens with zero attached hydrogens (tertiary/aromatic N) is 5. The van der Waals surface area contributed by atoms with Crippen molar-refractivity contribution in [2.75, 3.05) is 0 Å². The van der Waals surface area contributed by atoms with Crippen LogP contribution in [0.3, 0.4) is 0 Å². The molecule has 0 radical (unpaired) electrons. The molecule has 40 heavy (non-hydrogen) atoms. The zero-order chi connectivity index (χ0) is 26.2. The van der Waals surface area contributed by atoms with Gasteiger partial charge in [-0.1, -0.05) is 66.7 Å². The van der Waals surface area contributed by atoms with E-state index in [4.69, 9.17) is 4.98 Å². The van der Waals surface area contributed by atoms with E-state index in [0.29, 0.717) is 0 Å². The summed E-state index contributed by atoms with van der Waals surface area (Å²) in [4.78, 5) is 13.9. The summed E-state index contributed by atoms with van der Waals surface area (Å²) >= 11 is 0. The third kappa shape index (κ3) is 2.73. The van der Waals surface area contributed by atoms with Crippen molar-refractivity contribution < 1.29 is 0 Å². The SMILES string of the molecule is c1ccc(-n2c3ccccc3c3c4cncnc4c4c5ccccc5n(-c5cccc6ccncc56)c4c32)cc1. The quantitative estimate of drug-likeness (QED) is 0.234. The molecule has 5 aromatic carbocycles. The fraction of sp³-hybridized carbons (Fsp3) is 0. The van der Waals surface area contributed by atoms with Gasteiger partial charge in [0.05, 0.1) is 33.3 Å². The summed E-state index contributed by atoms with van der Waals surface area (Å²) in [5.41, 5.74) is 7.71. The van der Waals surface area contributed by atoms with Gasteiger partial charge in [-0.15, -0.1) is 0 Å². The zero-order valence-corrected chi connectivity index (χ0v) is 21.4. The number of pyridine rings is 1. The number of fused-ring (bicyclic) bond motifs is 11. The molecule has 9 rings (SSSR count). The largest absolute Gasteiger partial charge is 0.307 e. The van der Waals surface area contributed by atoms with E-state index in [2.05, 4.69) is 122 Å². The van der Waals surface area contributed by atoms with E-state index in [9.17, 15) is 0 Å². The Bertz CT molecular complexity index is 2430. The smallest absolute Gasteiger partial charge is 0.116 e. The maximum atomic E-state index is 4.92. The highest BCUT2D eigenvalue weighted by atomic mass is 15.0. The van der Waals surface area contributed by atoms with Gasteiger partial charge in [-0.25, -0.2) is 9.97 Å². The van der Waals surface area contributed by atoms with Crippen molar-refractivity contribution in [2.24, 2.45) is 0 Å². The maximum Gasteiger partial charge on any atom is 0.116 e. The molecule has 0 amide bonds. The Kier molecular flexibility index (Phi) is 4.27. The fourth-order valence-electron chi connectivity index (χ4n) is 6.54. The van der Waals surface area contributed by atoms with Crippen molar-refractivity contribution in [3.8, 4) is 11.4 Å². The molecule has 0 saturated heterocycles. The second kappa shape index (κ2) is 7.98. The number of hydrogen-bond donors (Lipinski definition) is 0. The van der Waals surface area contributed by atoms with Gasteiger partial charge < -0.3 is 9.13 Å². The molecule has 5 heteroatoms. The number of benzene rings is 5. The molecule has 0 fully saturated rings.